The zero-order valence-corrected chi connectivity index (χ0v) is 16.6. The van der Waals surface area contributed by atoms with Crippen LogP contribution in [0.3, 0.4) is 0 Å². The number of nitrogens with one attached hydrogen (secondary N) is 2. The van der Waals surface area contributed by atoms with Gasteiger partial charge in [-0.15, -0.1) is 0 Å². The first-order valence-electron chi connectivity index (χ1n) is 9.31. The summed E-state index contributed by atoms with van der Waals surface area (Å²) in [6, 6.07) is 8.14. The maximum Gasteiger partial charge on any atom is 0.251 e. The van der Waals surface area contributed by atoms with Crippen molar-refractivity contribution in [1.29, 1.82) is 0 Å². The fourth-order valence-corrected chi connectivity index (χ4v) is 4.49. The van der Waals surface area contributed by atoms with Crippen molar-refractivity contribution in [3.8, 4) is 0 Å². The minimum atomic E-state index is 0.0422. The normalized spacial score (nSPS) is 20.7. The Balaban J connectivity index is 1.58. The summed E-state index contributed by atoms with van der Waals surface area (Å²) < 4.78 is 0. The molecule has 1 aromatic heterocycles. The van der Waals surface area contributed by atoms with Crippen molar-refractivity contribution in [3.05, 3.63) is 41.7 Å². The van der Waals surface area contributed by atoms with Crippen LogP contribution in [0.5, 0.6) is 0 Å². The summed E-state index contributed by atoms with van der Waals surface area (Å²) in [6.45, 7) is 6.84. The molecule has 1 saturated carbocycles. The topological polar surface area (TPSA) is 70.7 Å². The van der Waals surface area contributed by atoms with E-state index in [1.54, 1.807) is 11.8 Å². The summed E-state index contributed by atoms with van der Waals surface area (Å²) in [5.41, 5.74) is 2.12. The molecule has 1 heterocycles. The highest BCUT2D eigenvalue weighted by Gasteiger charge is 2.34. The standard InChI is InChI=1S/C20H28N4OS/c1-20(2,3)16-6-4-5-7-17(16)23-18(25)15-10-8-14(9-11-15)12-26-19-21-13-22-24-19/h8-11,13,16-17H,4-7,12H2,1-3H3,(H,23,25)(H,21,22,24). The molecule has 26 heavy (non-hydrogen) atoms. The molecule has 0 saturated heterocycles. The van der Waals surface area contributed by atoms with Crippen molar-refractivity contribution in [2.24, 2.45) is 11.3 Å². The van der Waals surface area contributed by atoms with Gasteiger partial charge in [0.1, 0.15) is 6.33 Å². The van der Waals surface area contributed by atoms with E-state index in [4.69, 9.17) is 0 Å². The van der Waals surface area contributed by atoms with E-state index < -0.39 is 0 Å². The number of carbonyl (C=O) groups is 1. The second kappa shape index (κ2) is 8.25. The monoisotopic (exact) mass is 372 g/mol. The first-order chi connectivity index (χ1) is 12.4. The number of aromatic amines is 1. The summed E-state index contributed by atoms with van der Waals surface area (Å²) in [5.74, 6) is 1.38. The molecule has 2 unspecified atom stereocenters. The summed E-state index contributed by atoms with van der Waals surface area (Å²) in [6.07, 6.45) is 6.26. The van der Waals surface area contributed by atoms with Gasteiger partial charge in [0.05, 0.1) is 0 Å². The van der Waals surface area contributed by atoms with Gasteiger partial charge in [-0.25, -0.2) is 4.98 Å². The number of rotatable bonds is 5. The molecule has 1 aliphatic rings. The van der Waals surface area contributed by atoms with Crippen LogP contribution in [0.2, 0.25) is 0 Å². The number of benzene rings is 1. The molecule has 1 aromatic carbocycles. The molecule has 0 spiro atoms. The Labute approximate surface area is 159 Å². The third-order valence-corrected chi connectivity index (χ3v) is 6.13. The van der Waals surface area contributed by atoms with Gasteiger partial charge in [0.15, 0.2) is 5.16 Å². The van der Waals surface area contributed by atoms with Gasteiger partial charge in [0.25, 0.3) is 5.91 Å². The Morgan fingerprint density at radius 2 is 1.96 bits per heavy atom. The molecule has 1 fully saturated rings. The molecule has 140 valence electrons. The molecule has 6 heteroatoms. The third-order valence-electron chi connectivity index (χ3n) is 5.18. The molecule has 2 N–H and O–H groups in total. The lowest BCUT2D eigenvalue weighted by molar-refractivity contribution is 0.0830. The van der Waals surface area contributed by atoms with E-state index in [2.05, 4.69) is 41.3 Å². The molecule has 3 rings (SSSR count). The van der Waals surface area contributed by atoms with Crippen LogP contribution in [0, 0.1) is 11.3 Å². The first-order valence-corrected chi connectivity index (χ1v) is 10.3. The van der Waals surface area contributed by atoms with Crippen LogP contribution in [0.15, 0.2) is 35.7 Å². The molecule has 2 atom stereocenters. The van der Waals surface area contributed by atoms with E-state index in [1.807, 2.05) is 24.3 Å². The summed E-state index contributed by atoms with van der Waals surface area (Å²) in [7, 11) is 0. The van der Waals surface area contributed by atoms with E-state index in [0.29, 0.717) is 5.92 Å². The summed E-state index contributed by atoms with van der Waals surface area (Å²) in [5, 5.41) is 10.8. The Kier molecular flexibility index (Phi) is 6.01. The van der Waals surface area contributed by atoms with Gasteiger partial charge in [-0.2, -0.15) is 5.10 Å². The Morgan fingerprint density at radius 1 is 1.23 bits per heavy atom. The third kappa shape index (κ3) is 4.87. The highest BCUT2D eigenvalue weighted by molar-refractivity contribution is 7.98. The zero-order valence-electron chi connectivity index (χ0n) is 15.8. The van der Waals surface area contributed by atoms with Crippen molar-refractivity contribution >= 4 is 17.7 Å². The number of hydrogen-bond acceptors (Lipinski definition) is 4. The quantitative estimate of drug-likeness (QED) is 0.762. The number of amides is 1. The molecule has 2 aromatic rings. The molecular weight excluding hydrogens is 344 g/mol. The molecule has 0 bridgehead atoms. The zero-order chi connectivity index (χ0) is 18.6. The van der Waals surface area contributed by atoms with Crippen molar-refractivity contribution in [2.45, 2.75) is 63.4 Å². The van der Waals surface area contributed by atoms with E-state index in [9.17, 15) is 4.79 Å². The Morgan fingerprint density at radius 3 is 2.62 bits per heavy atom. The summed E-state index contributed by atoms with van der Waals surface area (Å²) >= 11 is 1.60. The minimum Gasteiger partial charge on any atom is -0.349 e. The van der Waals surface area contributed by atoms with Gasteiger partial charge < -0.3 is 5.32 Å². The van der Waals surface area contributed by atoms with Crippen LogP contribution in [0.4, 0.5) is 0 Å². The van der Waals surface area contributed by atoms with Crippen LogP contribution >= 0.6 is 11.8 Å². The number of aromatic nitrogens is 3. The van der Waals surface area contributed by atoms with Gasteiger partial charge in [-0.3, -0.25) is 9.89 Å². The van der Waals surface area contributed by atoms with Crippen LogP contribution in [0.25, 0.3) is 0 Å². The van der Waals surface area contributed by atoms with Crippen molar-refractivity contribution < 1.29 is 4.79 Å². The lowest BCUT2D eigenvalue weighted by atomic mass is 9.69. The molecule has 1 aliphatic carbocycles. The van der Waals surface area contributed by atoms with Gasteiger partial charge in [-0.05, 0) is 41.9 Å². The van der Waals surface area contributed by atoms with Crippen molar-refractivity contribution in [1.82, 2.24) is 20.5 Å². The lowest BCUT2D eigenvalue weighted by Crippen LogP contribution is -2.46. The molecule has 0 aliphatic heterocycles. The van der Waals surface area contributed by atoms with E-state index in [1.165, 1.54) is 25.6 Å². The van der Waals surface area contributed by atoms with E-state index >= 15 is 0 Å². The van der Waals surface area contributed by atoms with Crippen LogP contribution in [0.1, 0.15) is 62.4 Å². The van der Waals surface area contributed by atoms with E-state index in [0.717, 1.165) is 28.5 Å². The number of carbonyl (C=O) groups excluding carboxylic acids is 1. The Hall–Kier alpha value is -1.82. The second-order valence-corrected chi connectivity index (χ2v) is 9.08. The van der Waals surface area contributed by atoms with Gasteiger partial charge >= 0.3 is 0 Å². The SMILES string of the molecule is CC(C)(C)C1CCCCC1NC(=O)c1ccc(CSc2ncn[nH]2)cc1. The molecule has 5 nitrogen and oxygen atoms in total. The number of H-pyrrole nitrogens is 1. The fourth-order valence-electron chi connectivity index (χ4n) is 3.76. The van der Waals surface area contributed by atoms with Gasteiger partial charge in [0.2, 0.25) is 0 Å². The fraction of sp³-hybridized carbons (Fsp3) is 0.550. The van der Waals surface area contributed by atoms with Gasteiger partial charge in [0, 0.05) is 17.4 Å². The Bertz CT molecular complexity index is 706. The predicted molar refractivity (Wildman–Crippen MR) is 105 cm³/mol. The van der Waals surface area contributed by atoms with Crippen LogP contribution in [-0.2, 0) is 5.75 Å². The maximum absolute atomic E-state index is 12.7. The smallest absolute Gasteiger partial charge is 0.251 e. The van der Waals surface area contributed by atoms with Crippen LogP contribution < -0.4 is 5.32 Å². The largest absolute Gasteiger partial charge is 0.349 e. The average molecular weight is 373 g/mol. The highest BCUT2D eigenvalue weighted by atomic mass is 32.2. The van der Waals surface area contributed by atoms with Gasteiger partial charge in [-0.1, -0.05) is 57.5 Å². The average Bonchev–Trinajstić information content (AvgIpc) is 3.13. The van der Waals surface area contributed by atoms with E-state index in [-0.39, 0.29) is 17.4 Å². The first kappa shape index (κ1) is 19.0. The molecule has 1 amide bonds. The lowest BCUT2D eigenvalue weighted by Gasteiger charge is -2.40. The van der Waals surface area contributed by atoms with Crippen molar-refractivity contribution in [3.63, 3.8) is 0 Å². The number of hydrogen-bond donors (Lipinski definition) is 2. The maximum atomic E-state index is 12.7. The summed E-state index contributed by atoms with van der Waals surface area (Å²) in [4.78, 5) is 16.8. The minimum absolute atomic E-state index is 0.0422. The number of nitrogens with zero attached hydrogens (tertiary/aromatic N) is 2. The predicted octanol–water partition coefficient (Wildman–Crippen LogP) is 4.43. The number of thioether (sulfide) groups is 1. The van der Waals surface area contributed by atoms with Crippen LogP contribution in [-0.4, -0.2) is 27.1 Å². The second-order valence-electron chi connectivity index (χ2n) is 8.11. The molecular formula is C20H28N4OS. The van der Waals surface area contributed by atoms with Crippen molar-refractivity contribution in [2.75, 3.05) is 0 Å². The highest BCUT2D eigenvalue weighted by Crippen LogP contribution is 2.38. The molecule has 0 radical (unpaired) electrons.